The van der Waals surface area contributed by atoms with Gasteiger partial charge in [-0.05, 0) is 48.2 Å². The molecule has 0 radical (unpaired) electrons. The van der Waals surface area contributed by atoms with Gasteiger partial charge in [0.15, 0.2) is 0 Å². The van der Waals surface area contributed by atoms with Crippen LogP contribution < -0.4 is 9.64 Å². The monoisotopic (exact) mass is 434 g/mol. The lowest BCUT2D eigenvalue weighted by Crippen LogP contribution is -2.48. The standard InChI is InChI=1S/C23H31FN2O3S/c1-4-5-16-29-23-11-10-19(17-20(23)18(2)3)30(27,28)26-14-12-25(13-15-26)22-9-7-6-8-21(22)24/h6-11,17-18H,4-5,12-16H2,1-3H3. The number of rotatable bonds is 8. The molecule has 0 aromatic heterocycles. The normalized spacial score (nSPS) is 15.6. The quantitative estimate of drug-likeness (QED) is 0.568. The van der Waals surface area contributed by atoms with Gasteiger partial charge in [0.2, 0.25) is 10.0 Å². The number of halogens is 1. The summed E-state index contributed by atoms with van der Waals surface area (Å²) in [6.45, 7) is 8.35. The molecule has 7 heteroatoms. The highest BCUT2D eigenvalue weighted by Gasteiger charge is 2.30. The van der Waals surface area contributed by atoms with Gasteiger partial charge in [0.1, 0.15) is 11.6 Å². The highest BCUT2D eigenvalue weighted by atomic mass is 32.2. The minimum Gasteiger partial charge on any atom is -0.493 e. The van der Waals surface area contributed by atoms with Crippen LogP contribution in [0.3, 0.4) is 0 Å². The van der Waals surface area contributed by atoms with E-state index in [4.69, 9.17) is 4.74 Å². The number of hydrogen-bond donors (Lipinski definition) is 0. The fraction of sp³-hybridized carbons (Fsp3) is 0.478. The van der Waals surface area contributed by atoms with Gasteiger partial charge in [-0.1, -0.05) is 39.3 Å². The van der Waals surface area contributed by atoms with E-state index in [1.165, 1.54) is 10.4 Å². The SMILES string of the molecule is CCCCOc1ccc(S(=O)(=O)N2CCN(c3ccccc3F)CC2)cc1C(C)C. The molecule has 0 bridgehead atoms. The number of anilines is 1. The molecule has 5 nitrogen and oxygen atoms in total. The van der Waals surface area contributed by atoms with Crippen LogP contribution in [0.1, 0.15) is 45.1 Å². The molecule has 1 aliphatic heterocycles. The van der Waals surface area contributed by atoms with E-state index >= 15 is 0 Å². The van der Waals surface area contributed by atoms with Crippen molar-refractivity contribution >= 4 is 15.7 Å². The van der Waals surface area contributed by atoms with Crippen LogP contribution in [0.25, 0.3) is 0 Å². The number of sulfonamides is 1. The molecule has 0 saturated carbocycles. The van der Waals surface area contributed by atoms with Crippen LogP contribution in [0.4, 0.5) is 10.1 Å². The molecule has 30 heavy (non-hydrogen) atoms. The smallest absolute Gasteiger partial charge is 0.243 e. The van der Waals surface area contributed by atoms with Crippen LogP contribution in [0.2, 0.25) is 0 Å². The summed E-state index contributed by atoms with van der Waals surface area (Å²) in [5.41, 5.74) is 1.42. The Labute approximate surface area is 179 Å². The number of nitrogens with zero attached hydrogens (tertiary/aromatic N) is 2. The Morgan fingerprint density at radius 2 is 1.77 bits per heavy atom. The summed E-state index contributed by atoms with van der Waals surface area (Å²) >= 11 is 0. The number of unbranched alkanes of at least 4 members (excludes halogenated alkanes) is 1. The topological polar surface area (TPSA) is 49.9 Å². The first-order valence-electron chi connectivity index (χ1n) is 10.6. The Kier molecular flexibility index (Phi) is 7.36. The lowest BCUT2D eigenvalue weighted by molar-refractivity contribution is 0.305. The fourth-order valence-corrected chi connectivity index (χ4v) is 5.08. The second-order valence-corrected chi connectivity index (χ2v) is 9.84. The summed E-state index contributed by atoms with van der Waals surface area (Å²) < 4.78 is 47.9. The third kappa shape index (κ3) is 4.95. The molecule has 1 aliphatic rings. The molecule has 164 valence electrons. The van der Waals surface area contributed by atoms with Crippen molar-refractivity contribution in [2.75, 3.05) is 37.7 Å². The molecule has 1 heterocycles. The van der Waals surface area contributed by atoms with Crippen LogP contribution in [0, 0.1) is 5.82 Å². The van der Waals surface area contributed by atoms with E-state index in [1.54, 1.807) is 36.4 Å². The van der Waals surface area contributed by atoms with Gasteiger partial charge in [-0.15, -0.1) is 0 Å². The van der Waals surface area contributed by atoms with E-state index in [0.717, 1.165) is 24.2 Å². The molecule has 0 N–H and O–H groups in total. The Morgan fingerprint density at radius 3 is 2.40 bits per heavy atom. The number of ether oxygens (including phenoxy) is 1. The van der Waals surface area contributed by atoms with Crippen molar-refractivity contribution in [3.63, 3.8) is 0 Å². The molecule has 1 saturated heterocycles. The van der Waals surface area contributed by atoms with Gasteiger partial charge in [-0.2, -0.15) is 4.31 Å². The Hall–Kier alpha value is -2.12. The zero-order valence-electron chi connectivity index (χ0n) is 18.0. The molecule has 2 aromatic rings. The third-order valence-corrected chi connectivity index (χ3v) is 7.32. The number of para-hydroxylation sites is 1. The molecule has 0 atom stereocenters. The molecule has 3 rings (SSSR count). The van der Waals surface area contributed by atoms with Crippen molar-refractivity contribution in [2.45, 2.75) is 44.4 Å². The van der Waals surface area contributed by atoms with Crippen LogP contribution in [0.5, 0.6) is 5.75 Å². The van der Waals surface area contributed by atoms with Crippen LogP contribution in [0.15, 0.2) is 47.4 Å². The van der Waals surface area contributed by atoms with Crippen LogP contribution >= 0.6 is 0 Å². The first kappa shape index (κ1) is 22.6. The third-order valence-electron chi connectivity index (χ3n) is 5.43. The zero-order chi connectivity index (χ0) is 21.7. The maximum absolute atomic E-state index is 14.1. The van der Waals surface area contributed by atoms with Crippen molar-refractivity contribution < 1.29 is 17.5 Å². The van der Waals surface area contributed by atoms with E-state index in [0.29, 0.717) is 38.5 Å². The molecule has 1 fully saturated rings. The average molecular weight is 435 g/mol. The molecule has 0 aliphatic carbocycles. The van der Waals surface area contributed by atoms with Gasteiger partial charge >= 0.3 is 0 Å². The van der Waals surface area contributed by atoms with Crippen molar-refractivity contribution in [3.05, 3.63) is 53.8 Å². The Bertz CT molecular complexity index is 955. The Morgan fingerprint density at radius 1 is 1.07 bits per heavy atom. The highest BCUT2D eigenvalue weighted by molar-refractivity contribution is 7.89. The van der Waals surface area contributed by atoms with Gasteiger partial charge in [-0.25, -0.2) is 12.8 Å². The predicted octanol–water partition coefficient (Wildman–Crippen LogP) is 4.64. The van der Waals surface area contributed by atoms with Gasteiger partial charge in [0, 0.05) is 26.2 Å². The zero-order valence-corrected chi connectivity index (χ0v) is 18.8. The van der Waals surface area contributed by atoms with Gasteiger partial charge in [0.25, 0.3) is 0 Å². The molecular weight excluding hydrogens is 403 g/mol. The van der Waals surface area contributed by atoms with Crippen molar-refractivity contribution in [2.24, 2.45) is 0 Å². The number of benzene rings is 2. The summed E-state index contributed by atoms with van der Waals surface area (Å²) in [5, 5.41) is 0. The van der Waals surface area contributed by atoms with Gasteiger partial charge in [-0.3, -0.25) is 0 Å². The summed E-state index contributed by atoms with van der Waals surface area (Å²) in [6.07, 6.45) is 2.01. The molecule has 0 unspecified atom stereocenters. The molecule has 2 aromatic carbocycles. The highest BCUT2D eigenvalue weighted by Crippen LogP contribution is 2.31. The first-order chi connectivity index (χ1) is 14.3. The summed E-state index contributed by atoms with van der Waals surface area (Å²) in [6, 6.07) is 11.7. The summed E-state index contributed by atoms with van der Waals surface area (Å²) in [7, 11) is -3.62. The minimum absolute atomic E-state index is 0.148. The number of piperazine rings is 1. The van der Waals surface area contributed by atoms with E-state index in [1.807, 2.05) is 18.7 Å². The van der Waals surface area contributed by atoms with Crippen molar-refractivity contribution in [3.8, 4) is 5.75 Å². The van der Waals surface area contributed by atoms with E-state index in [9.17, 15) is 12.8 Å². The van der Waals surface area contributed by atoms with Crippen LogP contribution in [-0.4, -0.2) is 45.5 Å². The lowest BCUT2D eigenvalue weighted by atomic mass is 10.0. The fourth-order valence-electron chi connectivity index (χ4n) is 3.62. The van der Waals surface area contributed by atoms with Crippen molar-refractivity contribution in [1.82, 2.24) is 4.31 Å². The minimum atomic E-state index is -3.62. The number of hydrogen-bond acceptors (Lipinski definition) is 4. The summed E-state index contributed by atoms with van der Waals surface area (Å²) in [4.78, 5) is 2.18. The maximum atomic E-state index is 14.1. The largest absolute Gasteiger partial charge is 0.493 e. The Balaban J connectivity index is 1.75. The predicted molar refractivity (Wildman–Crippen MR) is 118 cm³/mol. The second-order valence-electron chi connectivity index (χ2n) is 7.90. The maximum Gasteiger partial charge on any atom is 0.243 e. The first-order valence-corrected chi connectivity index (χ1v) is 12.0. The average Bonchev–Trinajstić information content (AvgIpc) is 2.74. The van der Waals surface area contributed by atoms with E-state index < -0.39 is 10.0 Å². The van der Waals surface area contributed by atoms with Crippen LogP contribution in [-0.2, 0) is 10.0 Å². The van der Waals surface area contributed by atoms with Crippen molar-refractivity contribution in [1.29, 1.82) is 0 Å². The second kappa shape index (κ2) is 9.79. The molecule has 0 amide bonds. The molecule has 0 spiro atoms. The van der Waals surface area contributed by atoms with E-state index in [2.05, 4.69) is 6.92 Å². The lowest BCUT2D eigenvalue weighted by Gasteiger charge is -2.35. The van der Waals surface area contributed by atoms with Gasteiger partial charge in [0.05, 0.1) is 17.2 Å². The summed E-state index contributed by atoms with van der Waals surface area (Å²) in [5.74, 6) is 0.616. The van der Waals surface area contributed by atoms with E-state index in [-0.39, 0.29) is 16.6 Å². The molecular formula is C23H31FN2O3S. The van der Waals surface area contributed by atoms with Gasteiger partial charge < -0.3 is 9.64 Å².